The van der Waals surface area contributed by atoms with Crippen LogP contribution in [0.3, 0.4) is 0 Å². The van der Waals surface area contributed by atoms with Gasteiger partial charge in [0, 0.05) is 17.2 Å². The molecule has 94 valence electrons. The van der Waals surface area contributed by atoms with Crippen LogP contribution in [0, 0.1) is 12.7 Å². The van der Waals surface area contributed by atoms with Crippen LogP contribution in [0.2, 0.25) is 0 Å². The summed E-state index contributed by atoms with van der Waals surface area (Å²) in [6.45, 7) is 1.86. The summed E-state index contributed by atoms with van der Waals surface area (Å²) < 4.78 is 15.0. The van der Waals surface area contributed by atoms with E-state index >= 15 is 0 Å². The molecule has 0 unspecified atom stereocenters. The van der Waals surface area contributed by atoms with E-state index in [1.807, 2.05) is 6.92 Å². The van der Waals surface area contributed by atoms with Crippen LogP contribution in [0.4, 0.5) is 10.1 Å². The zero-order chi connectivity index (χ0) is 13.3. The van der Waals surface area contributed by atoms with E-state index in [0.29, 0.717) is 15.9 Å². The highest BCUT2D eigenvalue weighted by atomic mass is 79.9. The minimum absolute atomic E-state index is 0.325. The van der Waals surface area contributed by atoms with Gasteiger partial charge in [0.15, 0.2) is 5.69 Å². The Morgan fingerprint density at radius 1 is 1.44 bits per heavy atom. The van der Waals surface area contributed by atoms with Crippen LogP contribution in [-0.4, -0.2) is 15.7 Å². The first-order valence-electron chi connectivity index (χ1n) is 5.24. The minimum Gasteiger partial charge on any atom is -0.320 e. The molecule has 1 amide bonds. The number of amides is 1. The molecule has 0 aliphatic heterocycles. The lowest BCUT2D eigenvalue weighted by molar-refractivity contribution is 0.102. The fourth-order valence-electron chi connectivity index (χ4n) is 1.45. The van der Waals surface area contributed by atoms with E-state index in [0.717, 1.165) is 5.69 Å². The monoisotopic (exact) mass is 311 g/mol. The van der Waals surface area contributed by atoms with Crippen molar-refractivity contribution in [1.82, 2.24) is 9.78 Å². The summed E-state index contributed by atoms with van der Waals surface area (Å²) in [6, 6.07) is 5.75. The van der Waals surface area contributed by atoms with Gasteiger partial charge in [-0.05, 0) is 47.1 Å². The second kappa shape index (κ2) is 4.89. The number of anilines is 1. The molecule has 0 atom stereocenters. The molecule has 0 saturated carbocycles. The number of carbonyl (C=O) groups is 1. The average Bonchev–Trinajstić information content (AvgIpc) is 2.63. The van der Waals surface area contributed by atoms with E-state index in [9.17, 15) is 9.18 Å². The molecule has 6 heteroatoms. The molecule has 0 bridgehead atoms. The molecule has 2 aromatic rings. The third-order valence-electron chi connectivity index (χ3n) is 2.53. The molecule has 0 aliphatic carbocycles. The predicted molar refractivity (Wildman–Crippen MR) is 70.0 cm³/mol. The summed E-state index contributed by atoms with van der Waals surface area (Å²) in [6.07, 6.45) is 0. The first kappa shape index (κ1) is 12.8. The minimum atomic E-state index is -0.367. The number of rotatable bonds is 2. The summed E-state index contributed by atoms with van der Waals surface area (Å²) in [7, 11) is 1.76. The van der Waals surface area contributed by atoms with Gasteiger partial charge in [-0.25, -0.2) is 4.39 Å². The highest BCUT2D eigenvalue weighted by molar-refractivity contribution is 9.10. The van der Waals surface area contributed by atoms with E-state index in [2.05, 4.69) is 26.3 Å². The standard InChI is InChI=1S/C12H11BrFN3O/c1-7-5-11(16-17(7)2)12(18)15-10-4-3-8(14)6-9(10)13/h3-6H,1-2H3,(H,15,18). The molecule has 0 aliphatic rings. The maximum Gasteiger partial charge on any atom is 0.276 e. The zero-order valence-electron chi connectivity index (χ0n) is 9.87. The van der Waals surface area contributed by atoms with Crippen molar-refractivity contribution >= 4 is 27.5 Å². The molecule has 0 saturated heterocycles. The van der Waals surface area contributed by atoms with Gasteiger partial charge in [-0.15, -0.1) is 0 Å². The van der Waals surface area contributed by atoms with Gasteiger partial charge in [0.25, 0.3) is 5.91 Å². The molecule has 0 fully saturated rings. The molecule has 18 heavy (non-hydrogen) atoms. The van der Waals surface area contributed by atoms with Crippen LogP contribution in [0.25, 0.3) is 0 Å². The van der Waals surface area contributed by atoms with Crippen LogP contribution in [0.15, 0.2) is 28.7 Å². The third kappa shape index (κ3) is 2.59. The highest BCUT2D eigenvalue weighted by Gasteiger charge is 2.12. The van der Waals surface area contributed by atoms with Crippen molar-refractivity contribution < 1.29 is 9.18 Å². The Kier molecular flexibility index (Phi) is 3.47. The second-order valence-corrected chi connectivity index (χ2v) is 4.73. The van der Waals surface area contributed by atoms with Gasteiger partial charge in [-0.2, -0.15) is 5.10 Å². The zero-order valence-corrected chi connectivity index (χ0v) is 11.5. The van der Waals surface area contributed by atoms with Crippen molar-refractivity contribution in [3.8, 4) is 0 Å². The summed E-state index contributed by atoms with van der Waals surface area (Å²) >= 11 is 3.19. The van der Waals surface area contributed by atoms with E-state index in [1.165, 1.54) is 18.2 Å². The van der Waals surface area contributed by atoms with Crippen LogP contribution >= 0.6 is 15.9 Å². The lowest BCUT2D eigenvalue weighted by Gasteiger charge is -2.05. The topological polar surface area (TPSA) is 46.9 Å². The second-order valence-electron chi connectivity index (χ2n) is 3.87. The van der Waals surface area contributed by atoms with Crippen molar-refractivity contribution in [1.29, 1.82) is 0 Å². The summed E-state index contributed by atoms with van der Waals surface area (Å²) in [5.74, 6) is -0.695. The number of nitrogens with zero attached hydrogens (tertiary/aromatic N) is 2. The molecule has 2 rings (SSSR count). The Balaban J connectivity index is 2.21. The Labute approximate surface area is 112 Å². The van der Waals surface area contributed by atoms with Crippen molar-refractivity contribution in [3.05, 3.63) is 45.9 Å². The van der Waals surface area contributed by atoms with E-state index in [-0.39, 0.29) is 11.7 Å². The van der Waals surface area contributed by atoms with Crippen LogP contribution in [0.5, 0.6) is 0 Å². The first-order chi connectivity index (χ1) is 8.47. The van der Waals surface area contributed by atoms with Gasteiger partial charge in [0.1, 0.15) is 5.82 Å². The summed E-state index contributed by atoms with van der Waals surface area (Å²) in [5, 5.41) is 6.73. The SMILES string of the molecule is Cc1cc(C(=O)Nc2ccc(F)cc2Br)nn1C. The number of nitrogens with one attached hydrogen (secondary N) is 1. The van der Waals surface area contributed by atoms with Gasteiger partial charge in [-0.1, -0.05) is 0 Å². The molecule has 1 N–H and O–H groups in total. The molecule has 0 spiro atoms. The third-order valence-corrected chi connectivity index (χ3v) is 3.18. The lowest BCUT2D eigenvalue weighted by atomic mass is 10.3. The Morgan fingerprint density at radius 3 is 2.72 bits per heavy atom. The first-order valence-corrected chi connectivity index (χ1v) is 6.03. The van der Waals surface area contributed by atoms with Gasteiger partial charge in [-0.3, -0.25) is 9.48 Å². The Bertz CT molecular complexity index is 590. The number of carbonyl (C=O) groups excluding carboxylic acids is 1. The molecular weight excluding hydrogens is 301 g/mol. The smallest absolute Gasteiger partial charge is 0.276 e. The largest absolute Gasteiger partial charge is 0.320 e. The van der Waals surface area contributed by atoms with E-state index in [4.69, 9.17) is 0 Å². The average molecular weight is 312 g/mol. The number of aryl methyl sites for hydroxylation is 2. The number of hydrogen-bond acceptors (Lipinski definition) is 2. The maximum atomic E-state index is 12.9. The number of aromatic nitrogens is 2. The summed E-state index contributed by atoms with van der Waals surface area (Å²) in [4.78, 5) is 11.9. The van der Waals surface area contributed by atoms with Crippen molar-refractivity contribution in [2.45, 2.75) is 6.92 Å². The van der Waals surface area contributed by atoms with Gasteiger partial charge in [0.2, 0.25) is 0 Å². The Morgan fingerprint density at radius 2 is 2.17 bits per heavy atom. The van der Waals surface area contributed by atoms with Crippen molar-refractivity contribution in [2.24, 2.45) is 7.05 Å². The van der Waals surface area contributed by atoms with Crippen LogP contribution in [0.1, 0.15) is 16.2 Å². The number of benzene rings is 1. The molecule has 1 aromatic heterocycles. The number of hydrogen-bond donors (Lipinski definition) is 1. The van der Waals surface area contributed by atoms with Crippen molar-refractivity contribution in [3.63, 3.8) is 0 Å². The molecule has 4 nitrogen and oxygen atoms in total. The summed E-state index contributed by atoms with van der Waals surface area (Å²) in [5.41, 5.74) is 1.72. The fourth-order valence-corrected chi connectivity index (χ4v) is 1.90. The molecule has 1 aromatic carbocycles. The quantitative estimate of drug-likeness (QED) is 0.927. The highest BCUT2D eigenvalue weighted by Crippen LogP contribution is 2.23. The normalized spacial score (nSPS) is 10.4. The van der Waals surface area contributed by atoms with E-state index in [1.54, 1.807) is 17.8 Å². The molecular formula is C12H11BrFN3O. The van der Waals surface area contributed by atoms with Crippen LogP contribution in [-0.2, 0) is 7.05 Å². The maximum absolute atomic E-state index is 12.9. The van der Waals surface area contributed by atoms with Gasteiger partial charge < -0.3 is 5.32 Å². The lowest BCUT2D eigenvalue weighted by Crippen LogP contribution is -2.13. The van der Waals surface area contributed by atoms with Gasteiger partial charge in [0.05, 0.1) is 5.69 Å². The predicted octanol–water partition coefficient (Wildman–Crippen LogP) is 2.88. The molecule has 0 radical (unpaired) electrons. The number of halogens is 2. The molecule has 1 heterocycles. The van der Waals surface area contributed by atoms with Crippen LogP contribution < -0.4 is 5.32 Å². The Hall–Kier alpha value is -1.69. The fraction of sp³-hybridized carbons (Fsp3) is 0.167. The van der Waals surface area contributed by atoms with Gasteiger partial charge >= 0.3 is 0 Å². The van der Waals surface area contributed by atoms with Crippen molar-refractivity contribution in [2.75, 3.05) is 5.32 Å². The van der Waals surface area contributed by atoms with E-state index < -0.39 is 0 Å².